The van der Waals surface area contributed by atoms with Gasteiger partial charge < -0.3 is 15.0 Å². The van der Waals surface area contributed by atoms with Crippen molar-refractivity contribution in [2.24, 2.45) is 0 Å². The second-order valence-corrected chi connectivity index (χ2v) is 7.38. The molecule has 4 nitrogen and oxygen atoms in total. The van der Waals surface area contributed by atoms with Crippen LogP contribution in [0.4, 0.5) is 0 Å². The fraction of sp³-hybridized carbons (Fsp3) is 0.692. The van der Waals surface area contributed by atoms with Gasteiger partial charge in [0.1, 0.15) is 0 Å². The highest BCUT2D eigenvalue weighted by Gasteiger charge is 2.29. The van der Waals surface area contributed by atoms with Crippen molar-refractivity contribution in [1.29, 1.82) is 0 Å². The van der Waals surface area contributed by atoms with E-state index in [1.807, 2.05) is 6.92 Å². The molecule has 1 aromatic rings. The molecule has 1 atom stereocenters. The third-order valence-corrected chi connectivity index (χ3v) is 4.64. The van der Waals surface area contributed by atoms with Crippen LogP contribution in [0.3, 0.4) is 0 Å². The predicted octanol–water partition coefficient (Wildman–Crippen LogP) is 2.73. The summed E-state index contributed by atoms with van der Waals surface area (Å²) in [5, 5.41) is 3.10. The van der Waals surface area contributed by atoms with E-state index in [0.717, 1.165) is 27.4 Å². The first-order chi connectivity index (χ1) is 8.85. The molecule has 0 bridgehead atoms. The zero-order valence-corrected chi connectivity index (χ0v) is 13.2. The lowest BCUT2D eigenvalue weighted by atomic mass is 9.94. The molecule has 0 aromatic carbocycles. The lowest BCUT2D eigenvalue weighted by molar-refractivity contribution is -0.123. The lowest BCUT2D eigenvalue weighted by Gasteiger charge is -2.35. The molecule has 1 unspecified atom stereocenters. The van der Waals surface area contributed by atoms with E-state index >= 15 is 0 Å². The van der Waals surface area contributed by atoms with Gasteiger partial charge in [0.25, 0.3) is 0 Å². The maximum Gasteiger partial charge on any atom is 0.225 e. The van der Waals surface area contributed by atoms with Crippen molar-refractivity contribution in [3.8, 4) is 0 Å². The monoisotopic (exact) mass is 300 g/mol. The van der Waals surface area contributed by atoms with Crippen LogP contribution in [0.25, 0.3) is 0 Å². The fourth-order valence-electron chi connectivity index (χ4n) is 2.39. The third kappa shape index (κ3) is 4.12. The number of aromatic nitrogens is 1. The zero-order valence-electron chi connectivity index (χ0n) is 11.5. The summed E-state index contributed by atoms with van der Waals surface area (Å²) in [4.78, 5) is 16.1. The number of aryl methyl sites for hydroxylation is 1. The molecule has 2 N–H and O–H groups in total. The average Bonchev–Trinajstić information content (AvgIpc) is 2.55. The Morgan fingerprint density at radius 1 is 1.63 bits per heavy atom. The van der Waals surface area contributed by atoms with Gasteiger partial charge >= 0.3 is 0 Å². The topological polar surface area (TPSA) is 54.1 Å². The SMILES string of the molecule is Cc1[nH]c(=S)sc1CC(=O)NC1CCOC(C)(C)C1. The largest absolute Gasteiger partial charge is 0.375 e. The van der Waals surface area contributed by atoms with Crippen molar-refractivity contribution in [3.05, 3.63) is 14.5 Å². The fourth-order valence-corrected chi connectivity index (χ4v) is 3.68. The van der Waals surface area contributed by atoms with E-state index in [1.165, 1.54) is 11.3 Å². The van der Waals surface area contributed by atoms with Crippen LogP contribution < -0.4 is 5.32 Å². The molecule has 6 heteroatoms. The highest BCUT2D eigenvalue weighted by atomic mass is 32.1. The van der Waals surface area contributed by atoms with Gasteiger partial charge in [-0.05, 0) is 45.8 Å². The van der Waals surface area contributed by atoms with E-state index in [2.05, 4.69) is 24.1 Å². The summed E-state index contributed by atoms with van der Waals surface area (Å²) in [5.74, 6) is 0.0658. The van der Waals surface area contributed by atoms with Crippen molar-refractivity contribution < 1.29 is 9.53 Å². The normalized spacial score (nSPS) is 22.2. The van der Waals surface area contributed by atoms with Crippen molar-refractivity contribution in [2.45, 2.75) is 51.7 Å². The number of carbonyl (C=O) groups is 1. The Hall–Kier alpha value is -0.720. The summed E-state index contributed by atoms with van der Waals surface area (Å²) < 4.78 is 6.38. The maximum absolute atomic E-state index is 12.1. The quantitative estimate of drug-likeness (QED) is 0.844. The molecule has 2 heterocycles. The van der Waals surface area contributed by atoms with Gasteiger partial charge in [0.2, 0.25) is 5.91 Å². The first-order valence-electron chi connectivity index (χ1n) is 6.48. The Labute approximate surface area is 122 Å². The number of H-pyrrole nitrogens is 1. The number of rotatable bonds is 3. The summed E-state index contributed by atoms with van der Waals surface area (Å²) >= 11 is 6.56. The second kappa shape index (κ2) is 5.73. The Morgan fingerprint density at radius 2 is 2.37 bits per heavy atom. The lowest BCUT2D eigenvalue weighted by Crippen LogP contribution is -2.46. The summed E-state index contributed by atoms with van der Waals surface area (Å²) in [7, 11) is 0. The number of hydrogen-bond acceptors (Lipinski definition) is 4. The molecule has 1 amide bonds. The van der Waals surface area contributed by atoms with E-state index in [-0.39, 0.29) is 17.6 Å². The van der Waals surface area contributed by atoms with E-state index in [9.17, 15) is 4.79 Å². The number of carbonyl (C=O) groups excluding carboxylic acids is 1. The molecule has 1 saturated heterocycles. The molecule has 1 aromatic heterocycles. The number of amides is 1. The van der Waals surface area contributed by atoms with E-state index < -0.39 is 0 Å². The van der Waals surface area contributed by atoms with E-state index in [0.29, 0.717) is 13.0 Å². The van der Waals surface area contributed by atoms with Crippen LogP contribution in [-0.2, 0) is 16.0 Å². The van der Waals surface area contributed by atoms with Crippen LogP contribution in [0.2, 0.25) is 0 Å². The van der Waals surface area contributed by atoms with Crippen LogP contribution in [0.1, 0.15) is 37.3 Å². The number of aromatic amines is 1. The maximum atomic E-state index is 12.1. The molecule has 106 valence electrons. The minimum Gasteiger partial charge on any atom is -0.375 e. The van der Waals surface area contributed by atoms with Crippen LogP contribution in [0, 0.1) is 10.9 Å². The minimum atomic E-state index is -0.142. The molecule has 0 aliphatic carbocycles. The molecule has 19 heavy (non-hydrogen) atoms. The van der Waals surface area contributed by atoms with Gasteiger partial charge in [0, 0.05) is 23.2 Å². The van der Waals surface area contributed by atoms with Gasteiger partial charge in [0.05, 0.1) is 12.0 Å². The zero-order chi connectivity index (χ0) is 14.0. The van der Waals surface area contributed by atoms with Crippen LogP contribution in [0.15, 0.2) is 0 Å². The minimum absolute atomic E-state index is 0.0658. The van der Waals surface area contributed by atoms with Crippen molar-refractivity contribution >= 4 is 29.5 Å². The van der Waals surface area contributed by atoms with Gasteiger partial charge in [-0.25, -0.2) is 0 Å². The molecule has 0 spiro atoms. The highest BCUT2D eigenvalue weighted by molar-refractivity contribution is 7.73. The van der Waals surface area contributed by atoms with Crippen LogP contribution >= 0.6 is 23.6 Å². The average molecular weight is 300 g/mol. The van der Waals surface area contributed by atoms with E-state index in [1.54, 1.807) is 0 Å². The number of ether oxygens (including phenoxy) is 1. The second-order valence-electron chi connectivity index (χ2n) is 5.60. The summed E-state index contributed by atoms with van der Waals surface area (Å²) in [6.45, 7) is 6.78. The molecule has 0 saturated carbocycles. The summed E-state index contributed by atoms with van der Waals surface area (Å²) in [6, 6.07) is 0.212. The summed E-state index contributed by atoms with van der Waals surface area (Å²) in [6.07, 6.45) is 2.15. The Morgan fingerprint density at radius 3 is 2.95 bits per heavy atom. The number of thiazole rings is 1. The smallest absolute Gasteiger partial charge is 0.225 e. The number of nitrogens with one attached hydrogen (secondary N) is 2. The highest BCUT2D eigenvalue weighted by Crippen LogP contribution is 2.24. The van der Waals surface area contributed by atoms with Crippen molar-refractivity contribution in [1.82, 2.24) is 10.3 Å². The first-order valence-corrected chi connectivity index (χ1v) is 7.70. The van der Waals surface area contributed by atoms with Gasteiger partial charge in [-0.15, -0.1) is 11.3 Å². The third-order valence-electron chi connectivity index (χ3n) is 3.31. The molecular formula is C13H20N2O2S2. The Kier molecular flexibility index (Phi) is 4.43. The Balaban J connectivity index is 1.91. The Bertz CT molecular complexity index is 519. The van der Waals surface area contributed by atoms with Gasteiger partial charge in [-0.1, -0.05) is 0 Å². The van der Waals surface area contributed by atoms with E-state index in [4.69, 9.17) is 17.0 Å². The first kappa shape index (κ1) is 14.7. The van der Waals surface area contributed by atoms with Gasteiger partial charge in [-0.3, -0.25) is 4.79 Å². The molecule has 0 radical (unpaired) electrons. The van der Waals surface area contributed by atoms with Crippen molar-refractivity contribution in [3.63, 3.8) is 0 Å². The van der Waals surface area contributed by atoms with Crippen LogP contribution in [-0.4, -0.2) is 29.1 Å². The van der Waals surface area contributed by atoms with Gasteiger partial charge in [-0.2, -0.15) is 0 Å². The standard InChI is InChI=1S/C13H20N2O2S2/c1-8-10(19-12(18)14-8)6-11(16)15-9-4-5-17-13(2,3)7-9/h9H,4-7H2,1-3H3,(H,14,18)(H,15,16). The molecular weight excluding hydrogens is 280 g/mol. The van der Waals surface area contributed by atoms with Crippen molar-refractivity contribution in [2.75, 3.05) is 6.61 Å². The molecule has 1 aliphatic heterocycles. The molecule has 2 rings (SSSR count). The molecule has 1 fully saturated rings. The summed E-state index contributed by atoms with van der Waals surface area (Å²) in [5.41, 5.74) is 0.855. The van der Waals surface area contributed by atoms with Gasteiger partial charge in [0.15, 0.2) is 3.95 Å². The number of hydrogen-bond donors (Lipinski definition) is 2. The predicted molar refractivity (Wildman–Crippen MR) is 79.1 cm³/mol. The van der Waals surface area contributed by atoms with Crippen LogP contribution in [0.5, 0.6) is 0 Å². The molecule has 1 aliphatic rings.